The van der Waals surface area contributed by atoms with Gasteiger partial charge in [-0.25, -0.2) is 9.67 Å². The van der Waals surface area contributed by atoms with Crippen molar-refractivity contribution in [1.29, 1.82) is 0 Å². The summed E-state index contributed by atoms with van der Waals surface area (Å²) in [6.45, 7) is 2.10. The first-order chi connectivity index (χ1) is 12.8. The second kappa shape index (κ2) is 6.10. The summed E-state index contributed by atoms with van der Waals surface area (Å²) in [4.78, 5) is 5.10. The van der Waals surface area contributed by atoms with Crippen LogP contribution in [-0.4, -0.2) is 14.8 Å². The van der Waals surface area contributed by atoms with E-state index in [9.17, 15) is 0 Å². The number of fused-ring (bicyclic) bond motifs is 2. The predicted molar refractivity (Wildman–Crippen MR) is 106 cm³/mol. The van der Waals surface area contributed by atoms with Crippen molar-refractivity contribution in [3.8, 4) is 16.8 Å². The lowest BCUT2D eigenvalue weighted by atomic mass is 9.87. The van der Waals surface area contributed by atoms with Gasteiger partial charge in [0, 0.05) is 5.69 Å². The highest BCUT2D eigenvalue weighted by Crippen LogP contribution is 2.38. The molecule has 0 aliphatic heterocycles. The second-order valence-electron chi connectivity index (χ2n) is 7.02. The minimum atomic E-state index is 0.980. The van der Waals surface area contributed by atoms with E-state index in [1.54, 1.807) is 0 Å². The molecule has 0 unspecified atom stereocenters. The number of aryl methyl sites for hydroxylation is 2. The Hall–Kier alpha value is -2.94. The molecule has 1 aliphatic rings. The molecule has 0 saturated heterocycles. The van der Waals surface area contributed by atoms with Gasteiger partial charge in [-0.3, -0.25) is 0 Å². The fraction of sp³-hybridized carbons (Fsp3) is 0.217. The molecule has 5 rings (SSSR count). The quantitative estimate of drug-likeness (QED) is 0.498. The summed E-state index contributed by atoms with van der Waals surface area (Å²) in [5.41, 5.74) is 8.37. The molecule has 2 aromatic heterocycles. The van der Waals surface area contributed by atoms with Crippen LogP contribution in [0.5, 0.6) is 0 Å². The summed E-state index contributed by atoms with van der Waals surface area (Å²) >= 11 is 0. The van der Waals surface area contributed by atoms with Crippen molar-refractivity contribution in [2.24, 2.45) is 0 Å². The number of nitrogens with zero attached hydrogens (tertiary/aromatic N) is 3. The average Bonchev–Trinajstić information content (AvgIpc) is 3.04. The third-order valence-electron chi connectivity index (χ3n) is 5.33. The highest BCUT2D eigenvalue weighted by atomic mass is 15.3. The zero-order chi connectivity index (χ0) is 17.5. The van der Waals surface area contributed by atoms with E-state index in [4.69, 9.17) is 10.1 Å². The molecule has 1 aliphatic carbocycles. The van der Waals surface area contributed by atoms with Gasteiger partial charge in [-0.05, 0) is 61.4 Å². The number of rotatable bonds is 2. The van der Waals surface area contributed by atoms with E-state index in [1.807, 2.05) is 10.7 Å². The first kappa shape index (κ1) is 15.3. The van der Waals surface area contributed by atoms with Crippen molar-refractivity contribution in [3.05, 3.63) is 77.6 Å². The van der Waals surface area contributed by atoms with Gasteiger partial charge in [0.25, 0.3) is 0 Å². The summed E-state index contributed by atoms with van der Waals surface area (Å²) in [5.74, 6) is 0. The van der Waals surface area contributed by atoms with E-state index in [0.29, 0.717) is 0 Å². The lowest BCUT2D eigenvalue weighted by Crippen LogP contribution is -2.09. The number of hydrogen-bond donors (Lipinski definition) is 0. The molecule has 0 fully saturated rings. The molecule has 0 atom stereocenters. The Morgan fingerprint density at radius 1 is 0.846 bits per heavy atom. The third kappa shape index (κ3) is 2.35. The minimum Gasteiger partial charge on any atom is -0.233 e. The van der Waals surface area contributed by atoms with Crippen molar-refractivity contribution >= 4 is 11.0 Å². The highest BCUT2D eigenvalue weighted by Gasteiger charge is 2.23. The van der Waals surface area contributed by atoms with Crippen molar-refractivity contribution < 1.29 is 0 Å². The fourth-order valence-electron chi connectivity index (χ4n) is 4.14. The second-order valence-corrected chi connectivity index (χ2v) is 7.02. The van der Waals surface area contributed by atoms with Gasteiger partial charge in [0.2, 0.25) is 0 Å². The molecule has 0 spiro atoms. The van der Waals surface area contributed by atoms with Crippen LogP contribution in [0.25, 0.3) is 27.8 Å². The van der Waals surface area contributed by atoms with E-state index in [0.717, 1.165) is 29.9 Å². The van der Waals surface area contributed by atoms with Gasteiger partial charge < -0.3 is 0 Å². The first-order valence-corrected chi connectivity index (χ1v) is 9.35. The standard InChI is InChI=1S/C23H21N3/c1-16-21-22(17-10-4-2-5-11-17)19-14-8-9-15-20(19)24-23(21)26(25-16)18-12-6-3-7-13-18/h2-7,10-13H,8-9,14-15H2,1H3. The Labute approximate surface area is 153 Å². The molecule has 0 radical (unpaired) electrons. The van der Waals surface area contributed by atoms with E-state index in [2.05, 4.69) is 61.5 Å². The highest BCUT2D eigenvalue weighted by molar-refractivity contribution is 5.97. The summed E-state index contributed by atoms with van der Waals surface area (Å²) in [6, 6.07) is 21.1. The number of aromatic nitrogens is 3. The topological polar surface area (TPSA) is 30.7 Å². The van der Waals surface area contributed by atoms with Gasteiger partial charge in [-0.2, -0.15) is 5.10 Å². The lowest BCUT2D eigenvalue weighted by Gasteiger charge is -2.20. The summed E-state index contributed by atoms with van der Waals surface area (Å²) < 4.78 is 2.01. The number of para-hydroxylation sites is 1. The summed E-state index contributed by atoms with van der Waals surface area (Å²) in [7, 11) is 0. The molecule has 0 N–H and O–H groups in total. The fourth-order valence-corrected chi connectivity index (χ4v) is 4.14. The van der Waals surface area contributed by atoms with Crippen molar-refractivity contribution in [2.45, 2.75) is 32.6 Å². The monoisotopic (exact) mass is 339 g/mol. The van der Waals surface area contributed by atoms with Gasteiger partial charge in [0.15, 0.2) is 5.65 Å². The Balaban J connectivity index is 1.89. The molecular weight excluding hydrogens is 318 g/mol. The first-order valence-electron chi connectivity index (χ1n) is 9.35. The molecule has 0 saturated carbocycles. The van der Waals surface area contributed by atoms with Crippen LogP contribution in [0.2, 0.25) is 0 Å². The molecule has 2 aromatic carbocycles. The van der Waals surface area contributed by atoms with E-state index in [-0.39, 0.29) is 0 Å². The maximum atomic E-state index is 5.10. The average molecular weight is 339 g/mol. The Bertz CT molecular complexity index is 1080. The number of hydrogen-bond acceptors (Lipinski definition) is 2. The van der Waals surface area contributed by atoms with Gasteiger partial charge in [0.05, 0.1) is 16.8 Å². The van der Waals surface area contributed by atoms with Crippen LogP contribution in [0.3, 0.4) is 0 Å². The van der Waals surface area contributed by atoms with Gasteiger partial charge in [0.1, 0.15) is 0 Å². The zero-order valence-corrected chi connectivity index (χ0v) is 14.9. The zero-order valence-electron chi connectivity index (χ0n) is 14.9. The Morgan fingerprint density at radius 2 is 1.54 bits per heavy atom. The molecular formula is C23H21N3. The van der Waals surface area contributed by atoms with Crippen LogP contribution in [0.15, 0.2) is 60.7 Å². The van der Waals surface area contributed by atoms with Crippen LogP contribution in [0.4, 0.5) is 0 Å². The van der Waals surface area contributed by atoms with E-state index in [1.165, 1.54) is 40.6 Å². The van der Waals surface area contributed by atoms with Crippen molar-refractivity contribution in [2.75, 3.05) is 0 Å². The largest absolute Gasteiger partial charge is 0.233 e. The third-order valence-corrected chi connectivity index (χ3v) is 5.33. The predicted octanol–water partition coefficient (Wildman–Crippen LogP) is 5.27. The van der Waals surface area contributed by atoms with Crippen LogP contribution >= 0.6 is 0 Å². The van der Waals surface area contributed by atoms with E-state index >= 15 is 0 Å². The SMILES string of the molecule is Cc1nn(-c2ccccc2)c2nc3c(c(-c4ccccc4)c12)CCCC3. The minimum absolute atomic E-state index is 0.980. The van der Waals surface area contributed by atoms with Gasteiger partial charge in [-0.1, -0.05) is 48.5 Å². The maximum Gasteiger partial charge on any atom is 0.164 e. The number of benzene rings is 2. The maximum absolute atomic E-state index is 5.10. The van der Waals surface area contributed by atoms with Crippen LogP contribution in [0, 0.1) is 6.92 Å². The van der Waals surface area contributed by atoms with Crippen molar-refractivity contribution in [1.82, 2.24) is 14.8 Å². The smallest absolute Gasteiger partial charge is 0.164 e. The molecule has 3 nitrogen and oxygen atoms in total. The Morgan fingerprint density at radius 3 is 2.31 bits per heavy atom. The lowest BCUT2D eigenvalue weighted by molar-refractivity contribution is 0.671. The summed E-state index contributed by atoms with van der Waals surface area (Å²) in [5, 5.41) is 6.07. The van der Waals surface area contributed by atoms with E-state index < -0.39 is 0 Å². The molecule has 2 heterocycles. The van der Waals surface area contributed by atoms with Crippen molar-refractivity contribution in [3.63, 3.8) is 0 Å². The molecule has 26 heavy (non-hydrogen) atoms. The van der Waals surface area contributed by atoms with Gasteiger partial charge in [-0.15, -0.1) is 0 Å². The molecule has 0 amide bonds. The molecule has 3 heteroatoms. The number of pyridine rings is 1. The van der Waals surface area contributed by atoms with Crippen LogP contribution in [0.1, 0.15) is 29.8 Å². The van der Waals surface area contributed by atoms with Crippen LogP contribution < -0.4 is 0 Å². The molecule has 128 valence electrons. The Kier molecular flexibility index (Phi) is 3.59. The van der Waals surface area contributed by atoms with Gasteiger partial charge >= 0.3 is 0 Å². The molecule has 4 aromatic rings. The normalized spacial score (nSPS) is 13.7. The summed E-state index contributed by atoms with van der Waals surface area (Å²) in [6.07, 6.45) is 4.63. The van der Waals surface area contributed by atoms with Crippen LogP contribution in [-0.2, 0) is 12.8 Å². The molecule has 0 bridgehead atoms.